The van der Waals surface area contributed by atoms with E-state index in [2.05, 4.69) is 17.1 Å². The molecule has 0 aromatic carbocycles. The summed E-state index contributed by atoms with van der Waals surface area (Å²) >= 11 is 4.61. The van der Waals surface area contributed by atoms with Crippen molar-refractivity contribution in [2.45, 2.75) is 13.1 Å². The van der Waals surface area contributed by atoms with E-state index in [0.717, 1.165) is 30.0 Å². The van der Waals surface area contributed by atoms with Gasteiger partial charge in [-0.05, 0) is 12.1 Å². The van der Waals surface area contributed by atoms with Gasteiger partial charge in [0.25, 0.3) is 0 Å². The monoisotopic (exact) mass is 237 g/mol. The van der Waals surface area contributed by atoms with E-state index in [-0.39, 0.29) is 4.64 Å². The summed E-state index contributed by atoms with van der Waals surface area (Å²) < 4.78 is 37.2. The second-order valence-electron chi connectivity index (χ2n) is 2.66. The number of hydrogen-bond donors (Lipinski definition) is 0. The summed E-state index contributed by atoms with van der Waals surface area (Å²) in [6.45, 7) is 1.12. The van der Waals surface area contributed by atoms with Crippen LogP contribution in [0.4, 0.5) is 13.2 Å². The average Bonchev–Trinajstić information content (AvgIpc) is 2.05. The van der Waals surface area contributed by atoms with Crippen molar-refractivity contribution in [2.75, 3.05) is 0 Å². The zero-order valence-electron chi connectivity index (χ0n) is 7.54. The molecule has 7 heteroatoms. The lowest BCUT2D eigenvalue weighted by Gasteiger charge is -2.09. The Bertz CT molecular complexity index is 438. The zero-order valence-corrected chi connectivity index (χ0v) is 8.35. The molecule has 1 heterocycles. The smallest absolute Gasteiger partial charge is 0.336 e. The highest BCUT2D eigenvalue weighted by atomic mass is 32.1. The maximum absolute atomic E-state index is 12.2. The first-order valence-corrected chi connectivity index (χ1v) is 4.20. The molecule has 0 aliphatic rings. The first kappa shape index (κ1) is 11.7. The quantitative estimate of drug-likeness (QED) is 0.702. The Hall–Kier alpha value is -1.37. The fraction of sp³-hybridized carbons (Fsp3) is 0.250. The Morgan fingerprint density at radius 3 is 2.53 bits per heavy atom. The molecule has 0 saturated carbocycles. The largest absolute Gasteiger partial charge is 0.416 e. The number of pyridine rings is 1. The highest BCUT2D eigenvalue weighted by molar-refractivity contribution is 7.71. The summed E-state index contributed by atoms with van der Waals surface area (Å²) in [5.74, 6) is -0.661. The van der Waals surface area contributed by atoms with Crippen molar-refractivity contribution in [1.82, 2.24) is 4.73 Å². The van der Waals surface area contributed by atoms with E-state index in [1.807, 2.05) is 0 Å². The van der Waals surface area contributed by atoms with Crippen LogP contribution in [0.5, 0.6) is 0 Å². The Kier molecular flexibility index (Phi) is 3.13. The normalized spacial score (nSPS) is 11.2. The van der Waals surface area contributed by atoms with E-state index in [9.17, 15) is 18.0 Å². The number of hydrogen-bond acceptors (Lipinski definition) is 3. The predicted octanol–water partition coefficient (Wildman–Crippen LogP) is 2.21. The van der Waals surface area contributed by atoms with Gasteiger partial charge in [0.1, 0.15) is 4.64 Å². The highest BCUT2D eigenvalue weighted by Gasteiger charge is 2.30. The number of aromatic nitrogens is 1. The van der Waals surface area contributed by atoms with Gasteiger partial charge in [0.15, 0.2) is 0 Å². The second kappa shape index (κ2) is 4.01. The van der Waals surface area contributed by atoms with Crippen LogP contribution in [0, 0.1) is 4.64 Å². The van der Waals surface area contributed by atoms with Crippen molar-refractivity contribution in [2.24, 2.45) is 0 Å². The lowest BCUT2D eigenvalue weighted by atomic mass is 10.3. The van der Waals surface area contributed by atoms with Crippen LogP contribution >= 0.6 is 12.2 Å². The minimum atomic E-state index is -4.46. The molecular weight excluding hydrogens is 231 g/mol. The summed E-state index contributed by atoms with van der Waals surface area (Å²) in [4.78, 5) is 15.1. The predicted molar refractivity (Wildman–Crippen MR) is 47.5 cm³/mol. The standard InChI is InChI=1S/C8H6F3NO2S/c1-5(13)14-12-3-2-6(4-7(12)15)8(9,10)11/h2-4H,1H3. The molecule has 0 bridgehead atoms. The minimum Gasteiger partial charge on any atom is -0.336 e. The van der Waals surface area contributed by atoms with Gasteiger partial charge in [-0.3, -0.25) is 0 Å². The van der Waals surface area contributed by atoms with E-state index in [1.165, 1.54) is 0 Å². The lowest BCUT2D eigenvalue weighted by Crippen LogP contribution is -2.18. The summed E-state index contributed by atoms with van der Waals surface area (Å²) in [5.41, 5.74) is -0.879. The topological polar surface area (TPSA) is 31.2 Å². The minimum absolute atomic E-state index is 0.222. The Morgan fingerprint density at radius 1 is 1.53 bits per heavy atom. The fourth-order valence-electron chi connectivity index (χ4n) is 0.856. The van der Waals surface area contributed by atoms with Gasteiger partial charge in [0, 0.05) is 13.1 Å². The molecule has 0 atom stereocenters. The summed E-state index contributed by atoms with van der Waals surface area (Å²) in [6, 6.07) is 1.50. The Morgan fingerprint density at radius 2 is 2.13 bits per heavy atom. The number of rotatable bonds is 1. The molecule has 0 radical (unpaired) electrons. The number of halogens is 3. The van der Waals surface area contributed by atoms with E-state index >= 15 is 0 Å². The van der Waals surface area contributed by atoms with Crippen molar-refractivity contribution >= 4 is 18.2 Å². The van der Waals surface area contributed by atoms with Crippen molar-refractivity contribution < 1.29 is 22.8 Å². The molecule has 0 aliphatic carbocycles. The van der Waals surface area contributed by atoms with Crippen LogP contribution in [-0.2, 0) is 11.0 Å². The van der Waals surface area contributed by atoms with Crippen LogP contribution < -0.4 is 4.84 Å². The molecule has 0 aliphatic heterocycles. The molecule has 0 unspecified atom stereocenters. The number of carbonyl (C=O) groups is 1. The molecule has 0 fully saturated rings. The van der Waals surface area contributed by atoms with E-state index < -0.39 is 17.7 Å². The van der Waals surface area contributed by atoms with Crippen LogP contribution in [0.2, 0.25) is 0 Å². The molecule has 15 heavy (non-hydrogen) atoms. The number of nitrogens with zero attached hydrogens (tertiary/aromatic N) is 1. The first-order chi connectivity index (χ1) is 6.80. The lowest BCUT2D eigenvalue weighted by molar-refractivity contribution is -0.142. The van der Waals surface area contributed by atoms with E-state index in [1.54, 1.807) is 0 Å². The molecule has 0 spiro atoms. The SMILES string of the molecule is CC(=O)On1ccc(C(F)(F)F)cc1=S. The third-order valence-electron chi connectivity index (χ3n) is 1.44. The average molecular weight is 237 g/mol. The maximum Gasteiger partial charge on any atom is 0.416 e. The molecule has 1 aromatic heterocycles. The third-order valence-corrected chi connectivity index (χ3v) is 1.74. The molecule has 1 aromatic rings. The van der Waals surface area contributed by atoms with Crippen LogP contribution in [0.1, 0.15) is 12.5 Å². The van der Waals surface area contributed by atoms with Crippen LogP contribution in [0.3, 0.4) is 0 Å². The van der Waals surface area contributed by atoms with Crippen LogP contribution in [-0.4, -0.2) is 10.7 Å². The van der Waals surface area contributed by atoms with Gasteiger partial charge >= 0.3 is 12.1 Å². The second-order valence-corrected chi connectivity index (χ2v) is 3.08. The Balaban J connectivity index is 3.09. The van der Waals surface area contributed by atoms with Crippen molar-refractivity contribution in [1.29, 1.82) is 0 Å². The van der Waals surface area contributed by atoms with Crippen molar-refractivity contribution in [3.63, 3.8) is 0 Å². The highest BCUT2D eigenvalue weighted by Crippen LogP contribution is 2.28. The van der Waals surface area contributed by atoms with Gasteiger partial charge in [-0.25, -0.2) is 4.79 Å². The maximum atomic E-state index is 12.2. The summed E-state index contributed by atoms with van der Waals surface area (Å²) in [7, 11) is 0. The molecule has 0 N–H and O–H groups in total. The fourth-order valence-corrected chi connectivity index (χ4v) is 1.08. The van der Waals surface area contributed by atoms with E-state index in [0.29, 0.717) is 0 Å². The molecule has 82 valence electrons. The van der Waals surface area contributed by atoms with Crippen LogP contribution in [0.25, 0.3) is 0 Å². The number of alkyl halides is 3. The molecular formula is C8H6F3NO2S. The van der Waals surface area contributed by atoms with Gasteiger partial charge in [-0.2, -0.15) is 17.9 Å². The number of carbonyl (C=O) groups excluding carboxylic acids is 1. The third kappa shape index (κ3) is 3.05. The van der Waals surface area contributed by atoms with Gasteiger partial charge in [-0.1, -0.05) is 12.2 Å². The molecule has 0 saturated heterocycles. The van der Waals surface area contributed by atoms with Gasteiger partial charge in [0.2, 0.25) is 0 Å². The van der Waals surface area contributed by atoms with E-state index in [4.69, 9.17) is 0 Å². The Labute approximate surface area is 88.0 Å². The molecule has 0 amide bonds. The van der Waals surface area contributed by atoms with Gasteiger partial charge < -0.3 is 4.84 Å². The van der Waals surface area contributed by atoms with Gasteiger partial charge in [0.05, 0.1) is 5.56 Å². The first-order valence-electron chi connectivity index (χ1n) is 3.79. The summed E-state index contributed by atoms with van der Waals surface area (Å²) in [5, 5.41) is 0. The van der Waals surface area contributed by atoms with Gasteiger partial charge in [-0.15, -0.1) is 0 Å². The van der Waals surface area contributed by atoms with Crippen LogP contribution in [0.15, 0.2) is 18.3 Å². The van der Waals surface area contributed by atoms with Crippen molar-refractivity contribution in [3.8, 4) is 0 Å². The summed E-state index contributed by atoms with van der Waals surface area (Å²) in [6.07, 6.45) is -3.50. The van der Waals surface area contributed by atoms with Crippen molar-refractivity contribution in [3.05, 3.63) is 28.5 Å². The zero-order chi connectivity index (χ0) is 11.6. The molecule has 3 nitrogen and oxygen atoms in total. The molecule has 1 rings (SSSR count).